The predicted octanol–water partition coefficient (Wildman–Crippen LogP) is 0.468. The largest absolute Gasteiger partial charge is 0.259 e. The molecule has 7 heavy (non-hydrogen) atoms. The van der Waals surface area contributed by atoms with E-state index in [4.69, 9.17) is 0 Å². The van der Waals surface area contributed by atoms with E-state index in [0.29, 0.717) is 0 Å². The SMILES string of the molecule is O=Nc1cnon1. The van der Waals surface area contributed by atoms with Gasteiger partial charge in [-0.3, -0.25) is 0 Å². The number of hydrogen-bond acceptors (Lipinski definition) is 5. The van der Waals surface area contributed by atoms with E-state index in [1.807, 2.05) is 0 Å². The third-order valence-electron chi connectivity index (χ3n) is 0.443. The van der Waals surface area contributed by atoms with E-state index < -0.39 is 0 Å². The van der Waals surface area contributed by atoms with Gasteiger partial charge in [0.1, 0.15) is 6.20 Å². The fraction of sp³-hybridized carbons (Fsp3) is 0. The van der Waals surface area contributed by atoms with Crippen molar-refractivity contribution in [2.45, 2.75) is 0 Å². The fourth-order valence-electron chi connectivity index (χ4n) is 0.200. The van der Waals surface area contributed by atoms with Crippen LogP contribution in [-0.4, -0.2) is 10.3 Å². The molecule has 0 aliphatic rings. The molecule has 0 aliphatic heterocycles. The molecule has 0 unspecified atom stereocenters. The molecule has 0 saturated carbocycles. The zero-order chi connectivity index (χ0) is 5.11. The highest BCUT2D eigenvalue weighted by Gasteiger charge is 1.90. The summed E-state index contributed by atoms with van der Waals surface area (Å²) in [7, 11) is 0. The smallest absolute Gasteiger partial charge is 0.242 e. The second-order valence-corrected chi connectivity index (χ2v) is 0.857. The van der Waals surface area contributed by atoms with Crippen LogP contribution in [0.1, 0.15) is 0 Å². The van der Waals surface area contributed by atoms with E-state index >= 15 is 0 Å². The molecule has 0 radical (unpaired) electrons. The Morgan fingerprint density at radius 3 is 3.00 bits per heavy atom. The Bertz CT molecular complexity index is 146. The average Bonchev–Trinajstić information content (AvgIpc) is 2.14. The van der Waals surface area contributed by atoms with Crippen LogP contribution in [0.5, 0.6) is 0 Å². The summed E-state index contributed by atoms with van der Waals surface area (Å²) in [5.74, 6) is -0.0278. The van der Waals surface area contributed by atoms with Crippen LogP contribution in [-0.2, 0) is 0 Å². The quantitative estimate of drug-likeness (QED) is 0.480. The molecule has 5 nitrogen and oxygen atoms in total. The van der Waals surface area contributed by atoms with Gasteiger partial charge >= 0.3 is 0 Å². The summed E-state index contributed by atoms with van der Waals surface area (Å²) in [5, 5.41) is 8.60. The van der Waals surface area contributed by atoms with Crippen molar-refractivity contribution in [3.8, 4) is 0 Å². The molecular formula is C2HN3O2. The Morgan fingerprint density at radius 2 is 2.71 bits per heavy atom. The van der Waals surface area contributed by atoms with Crippen LogP contribution < -0.4 is 0 Å². The number of rotatable bonds is 1. The van der Waals surface area contributed by atoms with Crippen LogP contribution in [0.3, 0.4) is 0 Å². The Balaban J connectivity index is 2.96. The van der Waals surface area contributed by atoms with Crippen molar-refractivity contribution in [3.63, 3.8) is 0 Å². The lowest BCUT2D eigenvalue weighted by Gasteiger charge is -1.58. The first-order valence-electron chi connectivity index (χ1n) is 1.54. The summed E-state index contributed by atoms with van der Waals surface area (Å²) in [6.45, 7) is 0. The Labute approximate surface area is 38.3 Å². The van der Waals surface area contributed by atoms with Crippen LogP contribution in [0.4, 0.5) is 5.82 Å². The molecule has 0 bridgehead atoms. The van der Waals surface area contributed by atoms with Crippen LogP contribution >= 0.6 is 0 Å². The van der Waals surface area contributed by atoms with Crippen molar-refractivity contribution >= 4 is 5.82 Å². The molecule has 1 rings (SSSR count). The van der Waals surface area contributed by atoms with E-state index in [2.05, 4.69) is 20.1 Å². The molecule has 0 N–H and O–H groups in total. The Morgan fingerprint density at radius 1 is 1.86 bits per heavy atom. The topological polar surface area (TPSA) is 68.3 Å². The van der Waals surface area contributed by atoms with Gasteiger partial charge in [-0.15, -0.1) is 4.91 Å². The van der Waals surface area contributed by atoms with Crippen LogP contribution in [0.25, 0.3) is 0 Å². The molecule has 0 fully saturated rings. The lowest BCUT2D eigenvalue weighted by Crippen LogP contribution is -1.51. The second-order valence-electron chi connectivity index (χ2n) is 0.857. The summed E-state index contributed by atoms with van der Waals surface area (Å²) < 4.78 is 4.01. The molecule has 0 amide bonds. The summed E-state index contributed by atoms with van der Waals surface area (Å²) in [4.78, 5) is 9.46. The van der Waals surface area contributed by atoms with E-state index in [-0.39, 0.29) is 5.82 Å². The number of hydrogen-bond donors (Lipinski definition) is 0. The minimum atomic E-state index is -0.0278. The number of nitrogens with zero attached hydrogens (tertiary/aromatic N) is 3. The minimum absolute atomic E-state index is 0.0278. The first-order valence-corrected chi connectivity index (χ1v) is 1.54. The van der Waals surface area contributed by atoms with E-state index in [9.17, 15) is 4.91 Å². The summed E-state index contributed by atoms with van der Waals surface area (Å²) in [5.41, 5.74) is 0. The van der Waals surface area contributed by atoms with E-state index in [1.54, 1.807) is 0 Å². The number of aromatic nitrogens is 2. The molecule has 0 aliphatic carbocycles. The zero-order valence-corrected chi connectivity index (χ0v) is 3.24. The highest BCUT2D eigenvalue weighted by molar-refractivity contribution is 5.16. The molecule has 1 aromatic heterocycles. The first kappa shape index (κ1) is 3.91. The lowest BCUT2D eigenvalue weighted by molar-refractivity contribution is 0.308. The van der Waals surface area contributed by atoms with Crippen molar-refractivity contribution in [2.24, 2.45) is 5.18 Å². The lowest BCUT2D eigenvalue weighted by atomic mass is 10.8. The van der Waals surface area contributed by atoms with E-state index in [1.165, 1.54) is 0 Å². The molecule has 0 saturated heterocycles. The molecule has 1 heterocycles. The highest BCUT2D eigenvalue weighted by Crippen LogP contribution is 1.99. The zero-order valence-electron chi connectivity index (χ0n) is 3.24. The maximum atomic E-state index is 9.46. The molecule has 0 spiro atoms. The third-order valence-corrected chi connectivity index (χ3v) is 0.443. The van der Waals surface area contributed by atoms with Gasteiger partial charge in [0.2, 0.25) is 0 Å². The highest BCUT2D eigenvalue weighted by atomic mass is 16.6. The van der Waals surface area contributed by atoms with Gasteiger partial charge in [0.15, 0.2) is 0 Å². The van der Waals surface area contributed by atoms with Gasteiger partial charge < -0.3 is 0 Å². The van der Waals surface area contributed by atoms with Gasteiger partial charge in [0, 0.05) is 0 Å². The van der Waals surface area contributed by atoms with Crippen molar-refractivity contribution in [1.82, 2.24) is 10.3 Å². The van der Waals surface area contributed by atoms with Crippen LogP contribution in [0.15, 0.2) is 16.0 Å². The van der Waals surface area contributed by atoms with Crippen LogP contribution in [0.2, 0.25) is 0 Å². The molecule has 0 atom stereocenters. The van der Waals surface area contributed by atoms with Gasteiger partial charge in [-0.05, 0) is 10.3 Å². The predicted molar refractivity (Wildman–Crippen MR) is 19.8 cm³/mol. The third kappa shape index (κ3) is 0.594. The van der Waals surface area contributed by atoms with Gasteiger partial charge in [-0.2, -0.15) is 0 Å². The van der Waals surface area contributed by atoms with Gasteiger partial charge in [0.25, 0.3) is 5.82 Å². The van der Waals surface area contributed by atoms with Crippen molar-refractivity contribution in [2.75, 3.05) is 0 Å². The summed E-state index contributed by atoms with van der Waals surface area (Å²) in [6.07, 6.45) is 1.13. The summed E-state index contributed by atoms with van der Waals surface area (Å²) in [6, 6.07) is 0. The second kappa shape index (κ2) is 1.46. The first-order chi connectivity index (χ1) is 3.43. The van der Waals surface area contributed by atoms with E-state index in [0.717, 1.165) is 6.20 Å². The van der Waals surface area contributed by atoms with Gasteiger partial charge in [0.05, 0.1) is 0 Å². The van der Waals surface area contributed by atoms with Crippen molar-refractivity contribution in [3.05, 3.63) is 11.1 Å². The van der Waals surface area contributed by atoms with Crippen molar-refractivity contribution < 1.29 is 4.63 Å². The normalized spacial score (nSPS) is 8.57. The maximum absolute atomic E-state index is 9.46. The molecular weight excluding hydrogens is 98.0 g/mol. The van der Waals surface area contributed by atoms with Crippen LogP contribution in [0, 0.1) is 4.91 Å². The summed E-state index contributed by atoms with van der Waals surface area (Å²) >= 11 is 0. The standard InChI is InChI=1S/C2HN3O2/c6-4-2-1-3-7-5-2/h1H. The monoisotopic (exact) mass is 99.0 g/mol. The molecule has 1 aromatic rings. The Kier molecular flexibility index (Phi) is 0.816. The minimum Gasteiger partial charge on any atom is -0.242 e. The number of nitroso groups, excluding NO2 is 1. The maximum Gasteiger partial charge on any atom is 0.259 e. The van der Waals surface area contributed by atoms with Crippen molar-refractivity contribution in [1.29, 1.82) is 0 Å². The fourth-order valence-corrected chi connectivity index (χ4v) is 0.200. The average molecular weight is 99.0 g/mol. The molecule has 36 valence electrons. The molecule has 0 aromatic carbocycles. The van der Waals surface area contributed by atoms with Gasteiger partial charge in [-0.1, -0.05) is 5.16 Å². The molecule has 5 heteroatoms. The Hall–Kier alpha value is -1.26. The van der Waals surface area contributed by atoms with Gasteiger partial charge in [-0.25, -0.2) is 4.63 Å².